The molecular formula is C20H22Cl2N2O. The van der Waals surface area contributed by atoms with Gasteiger partial charge in [0.05, 0.1) is 10.0 Å². The molecule has 3 nitrogen and oxygen atoms in total. The van der Waals surface area contributed by atoms with Crippen molar-refractivity contribution in [3.05, 3.63) is 63.6 Å². The number of amides is 1. The van der Waals surface area contributed by atoms with Gasteiger partial charge in [0.1, 0.15) is 0 Å². The third-order valence-electron chi connectivity index (χ3n) is 4.75. The van der Waals surface area contributed by atoms with Crippen LogP contribution in [0, 0.1) is 12.8 Å². The maximum Gasteiger partial charge on any atom is 0.227 e. The molecule has 1 amide bonds. The minimum atomic E-state index is 0.0738. The second kappa shape index (κ2) is 8.22. The quantitative estimate of drug-likeness (QED) is 0.799. The van der Waals surface area contributed by atoms with Crippen molar-refractivity contribution < 1.29 is 4.79 Å². The van der Waals surface area contributed by atoms with Crippen molar-refractivity contribution >= 4 is 34.8 Å². The number of nitrogens with one attached hydrogen (secondary N) is 1. The van der Waals surface area contributed by atoms with Gasteiger partial charge in [-0.2, -0.15) is 0 Å². The topological polar surface area (TPSA) is 32.3 Å². The molecule has 0 spiro atoms. The van der Waals surface area contributed by atoms with Gasteiger partial charge in [-0.1, -0.05) is 47.5 Å². The lowest BCUT2D eigenvalue weighted by Gasteiger charge is -2.31. The minimum Gasteiger partial charge on any atom is -0.326 e. The summed E-state index contributed by atoms with van der Waals surface area (Å²) in [4.78, 5) is 14.9. The normalized spacial score (nSPS) is 16.0. The number of rotatable bonds is 4. The van der Waals surface area contributed by atoms with Gasteiger partial charge in [-0.15, -0.1) is 0 Å². The number of carbonyl (C=O) groups excluding carboxylic acids is 1. The van der Waals surface area contributed by atoms with Crippen LogP contribution in [0.3, 0.4) is 0 Å². The van der Waals surface area contributed by atoms with Crippen LogP contribution in [0.2, 0.25) is 10.0 Å². The smallest absolute Gasteiger partial charge is 0.227 e. The van der Waals surface area contributed by atoms with E-state index in [9.17, 15) is 4.79 Å². The van der Waals surface area contributed by atoms with Crippen molar-refractivity contribution in [2.45, 2.75) is 26.3 Å². The predicted molar refractivity (Wildman–Crippen MR) is 104 cm³/mol. The van der Waals surface area contributed by atoms with E-state index >= 15 is 0 Å². The van der Waals surface area contributed by atoms with Crippen molar-refractivity contribution in [1.29, 1.82) is 0 Å². The Labute approximate surface area is 158 Å². The summed E-state index contributed by atoms with van der Waals surface area (Å²) in [6, 6.07) is 13.6. The van der Waals surface area contributed by atoms with E-state index in [0.29, 0.717) is 10.0 Å². The molecule has 0 atom stereocenters. The molecule has 1 heterocycles. The molecule has 1 N–H and O–H groups in total. The van der Waals surface area contributed by atoms with Crippen LogP contribution < -0.4 is 5.32 Å². The van der Waals surface area contributed by atoms with Crippen LogP contribution >= 0.6 is 23.2 Å². The molecule has 5 heteroatoms. The molecule has 0 saturated carbocycles. The van der Waals surface area contributed by atoms with Gasteiger partial charge in [0.15, 0.2) is 0 Å². The van der Waals surface area contributed by atoms with E-state index in [4.69, 9.17) is 23.2 Å². The first kappa shape index (κ1) is 18.2. The first-order valence-electron chi connectivity index (χ1n) is 8.55. The summed E-state index contributed by atoms with van der Waals surface area (Å²) in [5.41, 5.74) is 3.15. The lowest BCUT2D eigenvalue weighted by Crippen LogP contribution is -2.37. The largest absolute Gasteiger partial charge is 0.326 e. The van der Waals surface area contributed by atoms with Crippen molar-refractivity contribution in [2.24, 2.45) is 5.92 Å². The number of carbonyl (C=O) groups is 1. The number of anilines is 1. The lowest BCUT2D eigenvalue weighted by atomic mass is 9.95. The molecule has 0 radical (unpaired) electrons. The zero-order valence-electron chi connectivity index (χ0n) is 14.3. The van der Waals surface area contributed by atoms with E-state index in [0.717, 1.165) is 49.3 Å². The number of aryl methyl sites for hydroxylation is 1. The van der Waals surface area contributed by atoms with E-state index < -0.39 is 0 Å². The highest BCUT2D eigenvalue weighted by Crippen LogP contribution is 2.25. The number of piperidine rings is 1. The Hall–Kier alpha value is -1.55. The summed E-state index contributed by atoms with van der Waals surface area (Å²) < 4.78 is 0. The zero-order valence-corrected chi connectivity index (χ0v) is 15.8. The van der Waals surface area contributed by atoms with Crippen LogP contribution in [0.5, 0.6) is 0 Å². The number of hydrogen-bond acceptors (Lipinski definition) is 2. The number of likely N-dealkylation sites (tertiary alicyclic amines) is 1. The fraction of sp³-hybridized carbons (Fsp3) is 0.350. The Morgan fingerprint density at radius 2 is 1.84 bits per heavy atom. The number of halogens is 2. The van der Waals surface area contributed by atoms with Crippen molar-refractivity contribution in [3.8, 4) is 0 Å². The number of hydrogen-bond donors (Lipinski definition) is 1. The zero-order chi connectivity index (χ0) is 17.8. The first-order chi connectivity index (χ1) is 12.0. The van der Waals surface area contributed by atoms with Crippen LogP contribution in [0.25, 0.3) is 0 Å². The van der Waals surface area contributed by atoms with E-state index in [-0.39, 0.29) is 11.8 Å². The van der Waals surface area contributed by atoms with Crippen molar-refractivity contribution in [2.75, 3.05) is 18.4 Å². The standard InChI is InChI=1S/C20H22Cl2N2O/c1-14-4-2-3-5-19(14)23-20(25)16-8-10-24(11-9-16)13-15-6-7-17(21)18(22)12-15/h2-7,12,16H,8-11,13H2,1H3,(H,23,25). The number of nitrogens with zero attached hydrogens (tertiary/aromatic N) is 1. The Morgan fingerprint density at radius 1 is 1.12 bits per heavy atom. The SMILES string of the molecule is Cc1ccccc1NC(=O)C1CCN(Cc2ccc(Cl)c(Cl)c2)CC1. The van der Waals surface area contributed by atoms with E-state index in [1.807, 2.05) is 49.4 Å². The molecule has 2 aromatic carbocycles. The Bertz CT molecular complexity index is 755. The van der Waals surface area contributed by atoms with Crippen LogP contribution in [0.15, 0.2) is 42.5 Å². The maximum absolute atomic E-state index is 12.5. The van der Waals surface area contributed by atoms with Gasteiger partial charge in [-0.25, -0.2) is 0 Å². The maximum atomic E-state index is 12.5. The average molecular weight is 377 g/mol. The summed E-state index contributed by atoms with van der Waals surface area (Å²) in [5, 5.41) is 4.24. The van der Waals surface area contributed by atoms with Gasteiger partial charge in [-0.05, 0) is 62.2 Å². The van der Waals surface area contributed by atoms with Gasteiger partial charge >= 0.3 is 0 Å². The number of benzene rings is 2. The molecule has 25 heavy (non-hydrogen) atoms. The Kier molecular flexibility index (Phi) is 6.00. The molecule has 0 aromatic heterocycles. The second-order valence-corrected chi connectivity index (χ2v) is 7.42. The van der Waals surface area contributed by atoms with Crippen LogP contribution in [0.1, 0.15) is 24.0 Å². The summed E-state index contributed by atoms with van der Waals surface area (Å²) in [6.07, 6.45) is 1.75. The highest BCUT2D eigenvalue weighted by atomic mass is 35.5. The van der Waals surface area contributed by atoms with Crippen molar-refractivity contribution in [3.63, 3.8) is 0 Å². The molecule has 0 unspecified atom stereocenters. The monoisotopic (exact) mass is 376 g/mol. The third-order valence-corrected chi connectivity index (χ3v) is 5.49. The lowest BCUT2D eigenvalue weighted by molar-refractivity contribution is -0.121. The minimum absolute atomic E-state index is 0.0738. The molecule has 1 fully saturated rings. The molecule has 0 aliphatic carbocycles. The summed E-state index contributed by atoms with van der Waals surface area (Å²) in [7, 11) is 0. The van der Waals surface area contributed by atoms with E-state index in [1.54, 1.807) is 0 Å². The molecule has 2 aromatic rings. The van der Waals surface area contributed by atoms with Crippen LogP contribution in [0.4, 0.5) is 5.69 Å². The molecular weight excluding hydrogens is 355 g/mol. The second-order valence-electron chi connectivity index (χ2n) is 6.60. The van der Waals surface area contributed by atoms with Gasteiger partial charge in [0.25, 0.3) is 0 Å². The molecule has 1 saturated heterocycles. The third kappa shape index (κ3) is 4.75. The molecule has 1 aliphatic heterocycles. The van der Waals surface area contributed by atoms with Crippen LogP contribution in [-0.2, 0) is 11.3 Å². The molecule has 1 aliphatic rings. The van der Waals surface area contributed by atoms with Gasteiger partial charge in [0.2, 0.25) is 5.91 Å². The van der Waals surface area contributed by atoms with Crippen molar-refractivity contribution in [1.82, 2.24) is 4.90 Å². The number of para-hydroxylation sites is 1. The summed E-state index contributed by atoms with van der Waals surface area (Å²) in [5.74, 6) is 0.202. The van der Waals surface area contributed by atoms with Gasteiger partial charge in [-0.3, -0.25) is 9.69 Å². The van der Waals surface area contributed by atoms with Crippen LogP contribution in [-0.4, -0.2) is 23.9 Å². The van der Waals surface area contributed by atoms with E-state index in [2.05, 4.69) is 10.2 Å². The molecule has 132 valence electrons. The summed E-state index contributed by atoms with van der Waals surface area (Å²) in [6.45, 7) is 4.66. The molecule has 0 bridgehead atoms. The fourth-order valence-corrected chi connectivity index (χ4v) is 3.52. The highest BCUT2D eigenvalue weighted by Gasteiger charge is 2.25. The summed E-state index contributed by atoms with van der Waals surface area (Å²) >= 11 is 12.0. The van der Waals surface area contributed by atoms with Gasteiger partial charge in [0, 0.05) is 18.2 Å². The van der Waals surface area contributed by atoms with E-state index in [1.165, 1.54) is 0 Å². The average Bonchev–Trinajstić information content (AvgIpc) is 2.61. The highest BCUT2D eigenvalue weighted by molar-refractivity contribution is 6.42. The first-order valence-corrected chi connectivity index (χ1v) is 9.31. The predicted octanol–water partition coefficient (Wildman–Crippen LogP) is 5.15. The Morgan fingerprint density at radius 3 is 2.52 bits per heavy atom. The Balaban J connectivity index is 1.52. The van der Waals surface area contributed by atoms with Gasteiger partial charge < -0.3 is 5.32 Å². The molecule has 3 rings (SSSR count). The fourth-order valence-electron chi connectivity index (χ4n) is 3.20.